The maximum atomic E-state index is 6.00. The number of methoxy groups -OCH3 is 1. The van der Waals surface area contributed by atoms with Crippen LogP contribution in [0.3, 0.4) is 0 Å². The fraction of sp³-hybridized carbons (Fsp3) is 0.769. The summed E-state index contributed by atoms with van der Waals surface area (Å²) in [7, 11) is 1.65. The fourth-order valence-electron chi connectivity index (χ4n) is 2.81. The van der Waals surface area contributed by atoms with Crippen molar-refractivity contribution in [3.8, 4) is 5.75 Å². The number of nitrogens with two attached hydrogens (primary N) is 1. The highest BCUT2D eigenvalue weighted by Crippen LogP contribution is 2.39. The molecule has 2 rings (SSSR count). The minimum atomic E-state index is -0.326. The minimum Gasteiger partial charge on any atom is -0.493 e. The summed E-state index contributed by atoms with van der Waals surface area (Å²) >= 11 is 0. The first-order chi connectivity index (χ1) is 9.16. The monoisotopic (exact) mass is 268 g/mol. The van der Waals surface area contributed by atoms with Crippen LogP contribution in [0.5, 0.6) is 5.75 Å². The van der Waals surface area contributed by atoms with Gasteiger partial charge in [-0.15, -0.1) is 0 Å². The maximum Gasteiger partial charge on any atom is 0.161 e. The van der Waals surface area contributed by atoms with Gasteiger partial charge in [-0.1, -0.05) is 0 Å². The van der Waals surface area contributed by atoms with Crippen molar-refractivity contribution < 1.29 is 9.47 Å². The van der Waals surface area contributed by atoms with E-state index in [9.17, 15) is 0 Å². The first kappa shape index (κ1) is 14.3. The van der Waals surface area contributed by atoms with Crippen LogP contribution in [-0.2, 0) is 11.3 Å². The van der Waals surface area contributed by atoms with Gasteiger partial charge in [0.05, 0.1) is 24.9 Å². The molecule has 0 spiro atoms. The van der Waals surface area contributed by atoms with Crippen LogP contribution in [-0.4, -0.2) is 29.1 Å². The van der Waals surface area contributed by atoms with E-state index in [4.69, 9.17) is 15.3 Å². The number of rotatable bonds is 5. The van der Waals surface area contributed by atoms with Crippen LogP contribution < -0.4 is 16.0 Å². The van der Waals surface area contributed by atoms with Crippen LogP contribution in [0.4, 0.5) is 0 Å². The first-order valence-electron chi connectivity index (χ1n) is 6.86. The predicted octanol–water partition coefficient (Wildman–Crippen LogP) is 1.38. The van der Waals surface area contributed by atoms with Crippen molar-refractivity contribution in [2.75, 3.05) is 13.7 Å². The van der Waals surface area contributed by atoms with E-state index >= 15 is 0 Å². The van der Waals surface area contributed by atoms with Gasteiger partial charge < -0.3 is 9.47 Å². The number of nitrogens with zero attached hydrogens (tertiary/aromatic N) is 2. The Morgan fingerprint density at radius 1 is 1.63 bits per heavy atom. The molecule has 0 aliphatic carbocycles. The summed E-state index contributed by atoms with van der Waals surface area (Å²) in [4.78, 5) is 0. The highest BCUT2D eigenvalue weighted by atomic mass is 16.5. The second-order valence-electron chi connectivity index (χ2n) is 5.13. The van der Waals surface area contributed by atoms with Crippen molar-refractivity contribution >= 4 is 0 Å². The van der Waals surface area contributed by atoms with Gasteiger partial charge in [0.2, 0.25) is 0 Å². The van der Waals surface area contributed by atoms with Crippen LogP contribution in [0.1, 0.15) is 44.8 Å². The number of hydrogen-bond donors (Lipinski definition) is 2. The Morgan fingerprint density at radius 2 is 2.42 bits per heavy atom. The van der Waals surface area contributed by atoms with Crippen LogP contribution >= 0.6 is 0 Å². The van der Waals surface area contributed by atoms with Gasteiger partial charge >= 0.3 is 0 Å². The number of aromatic nitrogens is 2. The van der Waals surface area contributed by atoms with Crippen molar-refractivity contribution in [1.82, 2.24) is 15.2 Å². The molecule has 2 atom stereocenters. The molecule has 0 amide bonds. The summed E-state index contributed by atoms with van der Waals surface area (Å²) < 4.78 is 13.3. The lowest BCUT2D eigenvalue weighted by Crippen LogP contribution is -2.49. The molecule has 2 heterocycles. The lowest BCUT2D eigenvalue weighted by molar-refractivity contribution is -0.0918. The molecule has 0 saturated carbocycles. The molecule has 2 unspecified atom stereocenters. The third-order valence-electron chi connectivity index (χ3n) is 3.91. The Labute approximate surface area is 114 Å². The highest BCUT2D eigenvalue weighted by Gasteiger charge is 2.40. The van der Waals surface area contributed by atoms with E-state index in [2.05, 4.69) is 17.4 Å². The molecular weight excluding hydrogens is 244 g/mol. The second-order valence-corrected chi connectivity index (χ2v) is 5.13. The number of hydrogen-bond acceptors (Lipinski definition) is 5. The molecule has 19 heavy (non-hydrogen) atoms. The standard InChI is InChI=1S/C13H24N4O2/c1-4-17-11(10(18-3)9-15-17)12(16-14)13(2)7-5-6-8-19-13/h9,12,16H,4-8,14H2,1-3H3. The quantitative estimate of drug-likeness (QED) is 0.623. The smallest absolute Gasteiger partial charge is 0.161 e. The van der Waals surface area contributed by atoms with Crippen molar-refractivity contribution in [3.63, 3.8) is 0 Å². The molecule has 1 aromatic rings. The summed E-state index contributed by atoms with van der Waals surface area (Å²) in [6, 6.07) is -0.134. The van der Waals surface area contributed by atoms with Crippen molar-refractivity contribution in [1.29, 1.82) is 0 Å². The third kappa shape index (κ3) is 2.61. The Balaban J connectivity index is 2.37. The molecule has 0 aromatic carbocycles. The Morgan fingerprint density at radius 3 is 2.95 bits per heavy atom. The van der Waals surface area contributed by atoms with Crippen molar-refractivity contribution in [2.45, 2.75) is 51.3 Å². The zero-order valence-electron chi connectivity index (χ0n) is 12.0. The molecule has 1 aliphatic rings. The van der Waals surface area contributed by atoms with Gasteiger partial charge in [0.15, 0.2) is 5.75 Å². The Hall–Kier alpha value is -1.11. The first-order valence-corrected chi connectivity index (χ1v) is 6.86. The van der Waals surface area contributed by atoms with E-state index in [1.165, 1.54) is 0 Å². The van der Waals surface area contributed by atoms with E-state index in [1.54, 1.807) is 13.3 Å². The molecular formula is C13H24N4O2. The molecule has 0 bridgehead atoms. The zero-order valence-corrected chi connectivity index (χ0v) is 12.0. The van der Waals surface area contributed by atoms with E-state index in [0.29, 0.717) is 0 Å². The van der Waals surface area contributed by atoms with Crippen LogP contribution in [0, 0.1) is 0 Å². The van der Waals surface area contributed by atoms with Gasteiger partial charge in [0.25, 0.3) is 0 Å². The molecule has 1 aliphatic heterocycles. The normalized spacial score (nSPS) is 25.3. The SMILES string of the molecule is CCn1ncc(OC)c1C(NN)C1(C)CCCCO1. The van der Waals surface area contributed by atoms with E-state index in [-0.39, 0.29) is 11.6 Å². The average Bonchev–Trinajstić information content (AvgIpc) is 2.83. The summed E-state index contributed by atoms with van der Waals surface area (Å²) in [6.45, 7) is 5.70. The van der Waals surface area contributed by atoms with Crippen LogP contribution in [0.25, 0.3) is 0 Å². The summed E-state index contributed by atoms with van der Waals surface area (Å²) in [5, 5.41) is 4.34. The lowest BCUT2D eigenvalue weighted by Gasteiger charge is -2.40. The molecule has 0 radical (unpaired) electrons. The van der Waals surface area contributed by atoms with Gasteiger partial charge in [-0.05, 0) is 33.1 Å². The number of aryl methyl sites for hydroxylation is 1. The third-order valence-corrected chi connectivity index (χ3v) is 3.91. The largest absolute Gasteiger partial charge is 0.493 e. The van der Waals surface area contributed by atoms with Crippen LogP contribution in [0.15, 0.2) is 6.20 Å². The molecule has 1 aromatic heterocycles. The summed E-state index contributed by atoms with van der Waals surface area (Å²) in [5.41, 5.74) is 3.53. The van der Waals surface area contributed by atoms with Gasteiger partial charge in [0, 0.05) is 13.2 Å². The lowest BCUT2D eigenvalue weighted by atomic mass is 9.86. The highest BCUT2D eigenvalue weighted by molar-refractivity contribution is 5.30. The molecule has 6 nitrogen and oxygen atoms in total. The van der Waals surface area contributed by atoms with Gasteiger partial charge in [-0.25, -0.2) is 5.43 Å². The zero-order chi connectivity index (χ0) is 13.9. The molecule has 1 fully saturated rings. The van der Waals surface area contributed by atoms with Gasteiger partial charge in [0.1, 0.15) is 5.69 Å². The Kier molecular flexibility index (Phi) is 4.44. The predicted molar refractivity (Wildman–Crippen MR) is 72.7 cm³/mol. The topological polar surface area (TPSA) is 74.3 Å². The molecule has 3 N–H and O–H groups in total. The second kappa shape index (κ2) is 5.90. The molecule has 108 valence electrons. The van der Waals surface area contributed by atoms with Crippen LogP contribution in [0.2, 0.25) is 0 Å². The number of nitrogens with one attached hydrogen (secondary N) is 1. The Bertz CT molecular complexity index is 391. The maximum absolute atomic E-state index is 6.00. The van der Waals surface area contributed by atoms with Gasteiger partial charge in [-0.3, -0.25) is 10.5 Å². The number of hydrazine groups is 1. The summed E-state index contributed by atoms with van der Waals surface area (Å²) in [6.07, 6.45) is 4.96. The van der Waals surface area contributed by atoms with Crippen molar-refractivity contribution in [3.05, 3.63) is 11.9 Å². The van der Waals surface area contributed by atoms with E-state index in [1.807, 2.05) is 11.6 Å². The fourth-order valence-corrected chi connectivity index (χ4v) is 2.81. The van der Waals surface area contributed by atoms with Gasteiger partial charge in [-0.2, -0.15) is 5.10 Å². The minimum absolute atomic E-state index is 0.134. The summed E-state index contributed by atoms with van der Waals surface area (Å²) in [5.74, 6) is 6.55. The van der Waals surface area contributed by atoms with Crippen molar-refractivity contribution in [2.24, 2.45) is 5.84 Å². The molecule has 1 saturated heterocycles. The average molecular weight is 268 g/mol. The van der Waals surface area contributed by atoms with E-state index < -0.39 is 0 Å². The van der Waals surface area contributed by atoms with E-state index in [0.717, 1.165) is 43.9 Å². The number of ether oxygens (including phenoxy) is 2. The molecule has 6 heteroatoms.